The summed E-state index contributed by atoms with van der Waals surface area (Å²) in [6.45, 7) is 0. The molecule has 22 heavy (non-hydrogen) atoms. The molecule has 3 aromatic heterocycles. The third kappa shape index (κ3) is 2.15. The van der Waals surface area contributed by atoms with Crippen LogP contribution in [0.15, 0.2) is 42.9 Å². The highest BCUT2D eigenvalue weighted by molar-refractivity contribution is 6.08. The molecule has 0 fully saturated rings. The predicted octanol–water partition coefficient (Wildman–Crippen LogP) is 2.86. The van der Waals surface area contributed by atoms with E-state index in [0.29, 0.717) is 11.3 Å². The minimum atomic E-state index is -0.154. The van der Waals surface area contributed by atoms with Crippen LogP contribution < -0.4 is 5.32 Å². The number of fused-ring (bicyclic) bond motifs is 3. The van der Waals surface area contributed by atoms with E-state index in [1.807, 2.05) is 16.6 Å². The Morgan fingerprint density at radius 1 is 1.14 bits per heavy atom. The molecule has 0 radical (unpaired) electrons. The summed E-state index contributed by atoms with van der Waals surface area (Å²) in [5.74, 6) is -0.154. The Morgan fingerprint density at radius 2 is 2.05 bits per heavy atom. The lowest BCUT2D eigenvalue weighted by Gasteiger charge is -2.16. The van der Waals surface area contributed by atoms with Crippen molar-refractivity contribution in [3.05, 3.63) is 59.7 Å². The van der Waals surface area contributed by atoms with Crippen LogP contribution in [0.5, 0.6) is 0 Å². The van der Waals surface area contributed by atoms with Gasteiger partial charge in [-0.3, -0.25) is 9.78 Å². The Kier molecular flexibility index (Phi) is 3.11. The molecule has 5 nitrogen and oxygen atoms in total. The third-order valence-corrected chi connectivity index (χ3v) is 4.15. The van der Waals surface area contributed by atoms with Crippen LogP contribution in [-0.2, 0) is 12.8 Å². The van der Waals surface area contributed by atoms with Gasteiger partial charge in [0.05, 0.1) is 29.2 Å². The number of aryl methyl sites for hydroxylation is 2. The largest absolute Gasteiger partial charge is 0.320 e. The minimum absolute atomic E-state index is 0.154. The normalized spacial score (nSPS) is 13.8. The summed E-state index contributed by atoms with van der Waals surface area (Å²) in [4.78, 5) is 16.5. The molecule has 1 amide bonds. The Bertz CT molecular complexity index is 838. The van der Waals surface area contributed by atoms with Crippen molar-refractivity contribution in [1.82, 2.24) is 14.6 Å². The summed E-state index contributed by atoms with van der Waals surface area (Å²) in [7, 11) is 0. The summed E-state index contributed by atoms with van der Waals surface area (Å²) in [6.07, 6.45) is 9.50. The van der Waals surface area contributed by atoms with E-state index in [9.17, 15) is 4.79 Å². The molecule has 0 bridgehead atoms. The van der Waals surface area contributed by atoms with E-state index in [2.05, 4.69) is 21.5 Å². The number of aromatic nitrogens is 3. The number of rotatable bonds is 2. The van der Waals surface area contributed by atoms with E-state index in [4.69, 9.17) is 0 Å². The zero-order valence-corrected chi connectivity index (χ0v) is 12.1. The number of anilines is 1. The van der Waals surface area contributed by atoms with Gasteiger partial charge in [0, 0.05) is 11.9 Å². The molecular formula is C17H16N4O. The highest BCUT2D eigenvalue weighted by Gasteiger charge is 2.18. The molecule has 4 rings (SSSR count). The van der Waals surface area contributed by atoms with E-state index in [0.717, 1.165) is 18.4 Å². The third-order valence-electron chi connectivity index (χ3n) is 4.15. The Morgan fingerprint density at radius 3 is 2.91 bits per heavy atom. The van der Waals surface area contributed by atoms with Gasteiger partial charge in [-0.15, -0.1) is 0 Å². The molecule has 1 N–H and O–H groups in total. The van der Waals surface area contributed by atoms with Crippen LogP contribution in [0.3, 0.4) is 0 Å². The molecule has 5 heteroatoms. The molecule has 0 saturated carbocycles. The fourth-order valence-corrected chi connectivity index (χ4v) is 3.06. The number of nitrogens with zero attached hydrogens (tertiary/aromatic N) is 3. The standard InChI is InChI=1S/C17H16N4O/c22-17(20-13-5-3-9-18-10-13)14-11-19-21-15-6-2-1-4-12(15)7-8-16(14)21/h3,5,7-11H,1-2,4,6H2,(H,20,22). The topological polar surface area (TPSA) is 59.3 Å². The van der Waals surface area contributed by atoms with Crippen molar-refractivity contribution in [2.75, 3.05) is 5.32 Å². The van der Waals surface area contributed by atoms with Gasteiger partial charge in [0.1, 0.15) is 0 Å². The predicted molar refractivity (Wildman–Crippen MR) is 84.0 cm³/mol. The van der Waals surface area contributed by atoms with Gasteiger partial charge >= 0.3 is 0 Å². The summed E-state index contributed by atoms with van der Waals surface area (Å²) < 4.78 is 1.92. The second-order valence-electron chi connectivity index (χ2n) is 5.56. The fourth-order valence-electron chi connectivity index (χ4n) is 3.06. The first-order chi connectivity index (χ1) is 10.8. The summed E-state index contributed by atoms with van der Waals surface area (Å²) in [6, 6.07) is 7.74. The van der Waals surface area contributed by atoms with E-state index in [1.165, 1.54) is 24.1 Å². The summed E-state index contributed by atoms with van der Waals surface area (Å²) in [5, 5.41) is 7.30. The highest BCUT2D eigenvalue weighted by atomic mass is 16.1. The van der Waals surface area contributed by atoms with Gasteiger partial charge in [0.25, 0.3) is 5.91 Å². The number of hydrogen-bond acceptors (Lipinski definition) is 3. The molecular weight excluding hydrogens is 276 g/mol. The van der Waals surface area contributed by atoms with E-state index in [1.54, 1.807) is 24.7 Å². The van der Waals surface area contributed by atoms with Crippen molar-refractivity contribution < 1.29 is 4.79 Å². The van der Waals surface area contributed by atoms with Crippen LogP contribution in [0.25, 0.3) is 5.52 Å². The quantitative estimate of drug-likeness (QED) is 0.790. The van der Waals surface area contributed by atoms with E-state index >= 15 is 0 Å². The first-order valence-corrected chi connectivity index (χ1v) is 7.53. The van der Waals surface area contributed by atoms with Crippen LogP contribution in [0, 0.1) is 0 Å². The molecule has 0 aliphatic heterocycles. The number of amides is 1. The van der Waals surface area contributed by atoms with E-state index < -0.39 is 0 Å². The molecule has 0 aromatic carbocycles. The van der Waals surface area contributed by atoms with Gasteiger partial charge < -0.3 is 5.32 Å². The van der Waals surface area contributed by atoms with Gasteiger partial charge in [0.2, 0.25) is 0 Å². The molecule has 110 valence electrons. The maximum Gasteiger partial charge on any atom is 0.259 e. The first-order valence-electron chi connectivity index (χ1n) is 7.53. The molecule has 0 unspecified atom stereocenters. The molecule has 1 aliphatic carbocycles. The first kappa shape index (κ1) is 13.0. The second kappa shape index (κ2) is 5.26. The lowest BCUT2D eigenvalue weighted by atomic mass is 9.96. The number of carbonyl (C=O) groups excluding carboxylic acids is 1. The lowest BCUT2D eigenvalue weighted by Crippen LogP contribution is -2.13. The summed E-state index contributed by atoms with van der Waals surface area (Å²) in [5.41, 5.74) is 4.73. The monoisotopic (exact) mass is 292 g/mol. The van der Waals surface area contributed by atoms with Crippen LogP contribution in [-0.4, -0.2) is 20.5 Å². The van der Waals surface area contributed by atoms with Gasteiger partial charge in [-0.1, -0.05) is 6.07 Å². The van der Waals surface area contributed by atoms with Crippen LogP contribution in [0.4, 0.5) is 5.69 Å². The average Bonchev–Trinajstić information content (AvgIpc) is 3.00. The zero-order valence-electron chi connectivity index (χ0n) is 12.1. The zero-order chi connectivity index (χ0) is 14.9. The number of nitrogens with one attached hydrogen (secondary N) is 1. The van der Waals surface area contributed by atoms with Crippen molar-refractivity contribution in [2.24, 2.45) is 0 Å². The van der Waals surface area contributed by atoms with Crippen molar-refractivity contribution >= 4 is 17.1 Å². The van der Waals surface area contributed by atoms with Gasteiger partial charge in [-0.05, 0) is 49.4 Å². The smallest absolute Gasteiger partial charge is 0.259 e. The van der Waals surface area contributed by atoms with Crippen LogP contribution in [0.2, 0.25) is 0 Å². The van der Waals surface area contributed by atoms with Crippen LogP contribution in [0.1, 0.15) is 34.5 Å². The lowest BCUT2D eigenvalue weighted by molar-refractivity contribution is 0.102. The number of hydrogen-bond donors (Lipinski definition) is 1. The van der Waals surface area contributed by atoms with Crippen molar-refractivity contribution in [3.63, 3.8) is 0 Å². The van der Waals surface area contributed by atoms with Gasteiger partial charge in [-0.25, -0.2) is 4.52 Å². The molecule has 1 aliphatic rings. The molecule has 0 atom stereocenters. The van der Waals surface area contributed by atoms with E-state index in [-0.39, 0.29) is 5.91 Å². The highest BCUT2D eigenvalue weighted by Crippen LogP contribution is 2.24. The Balaban J connectivity index is 1.72. The molecule has 0 saturated heterocycles. The van der Waals surface area contributed by atoms with Crippen molar-refractivity contribution in [1.29, 1.82) is 0 Å². The molecule has 3 heterocycles. The maximum atomic E-state index is 12.5. The van der Waals surface area contributed by atoms with Gasteiger partial charge in [0.15, 0.2) is 0 Å². The number of pyridine rings is 2. The van der Waals surface area contributed by atoms with Gasteiger partial charge in [-0.2, -0.15) is 5.10 Å². The molecule has 0 spiro atoms. The Labute approximate surface area is 128 Å². The second-order valence-corrected chi connectivity index (χ2v) is 5.56. The van der Waals surface area contributed by atoms with Crippen LogP contribution >= 0.6 is 0 Å². The molecule has 3 aromatic rings. The van der Waals surface area contributed by atoms with Crippen molar-refractivity contribution in [2.45, 2.75) is 25.7 Å². The summed E-state index contributed by atoms with van der Waals surface area (Å²) >= 11 is 0. The number of carbonyl (C=O) groups is 1. The average molecular weight is 292 g/mol. The SMILES string of the molecule is O=C(Nc1cccnc1)c1cnn2c3c(ccc12)CCCC3. The Hall–Kier alpha value is -2.69. The maximum absolute atomic E-state index is 12.5. The fraction of sp³-hybridized carbons (Fsp3) is 0.235. The minimum Gasteiger partial charge on any atom is -0.320 e. The van der Waals surface area contributed by atoms with Crippen molar-refractivity contribution in [3.8, 4) is 0 Å².